The van der Waals surface area contributed by atoms with Crippen molar-refractivity contribution in [2.75, 3.05) is 30.3 Å². The minimum Gasteiger partial charge on any atom is -0.356 e. The lowest BCUT2D eigenvalue weighted by Crippen LogP contribution is -2.40. The number of hydrogen-bond acceptors (Lipinski definition) is 2. The van der Waals surface area contributed by atoms with E-state index in [1.807, 2.05) is 30.3 Å². The third kappa shape index (κ3) is 3.85. The lowest BCUT2D eigenvalue weighted by molar-refractivity contribution is 0.682. The number of para-hydroxylation sites is 1. The van der Waals surface area contributed by atoms with Gasteiger partial charge in [0.2, 0.25) is 0 Å². The van der Waals surface area contributed by atoms with Gasteiger partial charge in [0.25, 0.3) is 0 Å². The van der Waals surface area contributed by atoms with E-state index in [0.29, 0.717) is 12.3 Å². The van der Waals surface area contributed by atoms with E-state index >= 15 is 0 Å². The van der Waals surface area contributed by atoms with E-state index in [1.54, 1.807) is 0 Å². The molecule has 126 valence electrons. The highest BCUT2D eigenvalue weighted by Crippen LogP contribution is 2.27. The van der Waals surface area contributed by atoms with Crippen molar-refractivity contribution in [2.45, 2.75) is 18.2 Å². The van der Waals surface area contributed by atoms with E-state index in [-0.39, 0.29) is 0 Å². The molecule has 0 fully saturated rings. The molecule has 0 radical (unpaired) electrons. The molecule has 0 saturated heterocycles. The van der Waals surface area contributed by atoms with Crippen LogP contribution in [0.4, 0.5) is 5.69 Å². The van der Waals surface area contributed by atoms with Crippen LogP contribution < -0.4 is 10.2 Å². The van der Waals surface area contributed by atoms with Crippen molar-refractivity contribution in [3.05, 3.63) is 60.2 Å². The largest absolute Gasteiger partial charge is 0.356 e. The van der Waals surface area contributed by atoms with Crippen LogP contribution in [0.3, 0.4) is 0 Å². The van der Waals surface area contributed by atoms with Gasteiger partial charge >= 0.3 is 0 Å². The first kappa shape index (κ1) is 16.7. The Morgan fingerprint density at radius 3 is 2.71 bits per heavy atom. The molecule has 1 aliphatic rings. The third-order valence-corrected chi connectivity index (χ3v) is 5.37. The van der Waals surface area contributed by atoms with E-state index in [9.17, 15) is 4.21 Å². The van der Waals surface area contributed by atoms with Crippen LogP contribution in [0.1, 0.15) is 12.5 Å². The lowest BCUT2D eigenvalue weighted by Gasteiger charge is -2.22. The second kappa shape index (κ2) is 8.11. The summed E-state index contributed by atoms with van der Waals surface area (Å²) in [5.74, 6) is 1.42. The van der Waals surface area contributed by atoms with Crippen molar-refractivity contribution in [1.29, 1.82) is 0 Å². The van der Waals surface area contributed by atoms with Crippen LogP contribution in [-0.4, -0.2) is 35.6 Å². The molecule has 2 aromatic carbocycles. The average molecular weight is 341 g/mol. The van der Waals surface area contributed by atoms with Crippen LogP contribution in [-0.2, 0) is 17.2 Å². The molecule has 0 amide bonds. The van der Waals surface area contributed by atoms with Crippen molar-refractivity contribution in [2.24, 2.45) is 4.99 Å². The zero-order valence-electron chi connectivity index (χ0n) is 13.9. The molecule has 4 nitrogen and oxygen atoms in total. The van der Waals surface area contributed by atoms with Crippen molar-refractivity contribution in [3.63, 3.8) is 0 Å². The molecule has 1 heterocycles. The summed E-state index contributed by atoms with van der Waals surface area (Å²) in [6.07, 6.45) is 1.04. The summed E-state index contributed by atoms with van der Waals surface area (Å²) in [7, 11) is -1.00. The Kier molecular flexibility index (Phi) is 5.64. The third-order valence-electron chi connectivity index (χ3n) is 4.02. The topological polar surface area (TPSA) is 44.7 Å². The number of aliphatic imine (C=N–C) groups is 1. The van der Waals surface area contributed by atoms with E-state index in [1.165, 1.54) is 11.3 Å². The number of hydrogen-bond donors (Lipinski definition) is 1. The average Bonchev–Trinajstić information content (AvgIpc) is 3.05. The minimum absolute atomic E-state index is 0.536. The first-order valence-corrected chi connectivity index (χ1v) is 9.68. The fraction of sp³-hybridized carbons (Fsp3) is 0.316. The molecule has 5 heteroatoms. The van der Waals surface area contributed by atoms with Crippen LogP contribution >= 0.6 is 0 Å². The van der Waals surface area contributed by atoms with Gasteiger partial charge < -0.3 is 10.2 Å². The highest BCUT2D eigenvalue weighted by atomic mass is 32.2. The molecule has 1 N–H and O–H groups in total. The normalized spacial score (nSPS) is 15.2. The van der Waals surface area contributed by atoms with Gasteiger partial charge in [-0.3, -0.25) is 9.20 Å². The standard InChI is InChI=1S/C19H23N3OS/c1-2-20-19(22-14-12-16-8-6-7-11-18(16)22)21-13-15-24(23)17-9-4-3-5-10-17/h3-11H,2,12-15H2,1H3,(H,20,21). The number of benzene rings is 2. The molecular formula is C19H23N3OS. The van der Waals surface area contributed by atoms with Gasteiger partial charge in [-0.05, 0) is 37.1 Å². The Balaban J connectivity index is 1.68. The Bertz CT molecular complexity index is 730. The summed E-state index contributed by atoms with van der Waals surface area (Å²) < 4.78 is 12.3. The smallest absolute Gasteiger partial charge is 0.198 e. The van der Waals surface area contributed by atoms with Gasteiger partial charge in [0.15, 0.2) is 5.96 Å². The number of fused-ring (bicyclic) bond motifs is 1. The number of nitrogens with zero attached hydrogens (tertiary/aromatic N) is 2. The molecule has 2 aromatic rings. The number of rotatable bonds is 5. The van der Waals surface area contributed by atoms with Crippen LogP contribution in [0.15, 0.2) is 64.5 Å². The fourth-order valence-corrected chi connectivity index (χ4v) is 3.83. The summed E-state index contributed by atoms with van der Waals surface area (Å²) in [5, 5.41) is 3.36. The van der Waals surface area contributed by atoms with E-state index in [2.05, 4.69) is 41.4 Å². The molecule has 0 aliphatic carbocycles. The molecule has 3 rings (SSSR count). The predicted octanol–water partition coefficient (Wildman–Crippen LogP) is 2.82. The fourth-order valence-electron chi connectivity index (χ4n) is 2.88. The molecule has 0 saturated carbocycles. The lowest BCUT2D eigenvalue weighted by atomic mass is 10.2. The number of anilines is 1. The number of guanidine groups is 1. The number of nitrogens with one attached hydrogen (secondary N) is 1. The maximum Gasteiger partial charge on any atom is 0.198 e. The SMILES string of the molecule is CCNC(=NCCS(=O)c1ccccc1)N1CCc2ccccc21. The Morgan fingerprint density at radius 2 is 1.92 bits per heavy atom. The summed E-state index contributed by atoms with van der Waals surface area (Å²) in [5.41, 5.74) is 2.58. The van der Waals surface area contributed by atoms with Gasteiger partial charge in [0, 0.05) is 29.4 Å². The van der Waals surface area contributed by atoms with E-state index < -0.39 is 10.8 Å². The maximum atomic E-state index is 12.3. The first-order chi connectivity index (χ1) is 11.8. The van der Waals surface area contributed by atoms with E-state index in [0.717, 1.165) is 30.4 Å². The first-order valence-electron chi connectivity index (χ1n) is 8.36. The Morgan fingerprint density at radius 1 is 1.17 bits per heavy atom. The van der Waals surface area contributed by atoms with Gasteiger partial charge in [-0.2, -0.15) is 0 Å². The second-order valence-corrected chi connectivity index (χ2v) is 7.20. The quantitative estimate of drug-likeness (QED) is 0.672. The van der Waals surface area contributed by atoms with Gasteiger partial charge in [0.05, 0.1) is 17.3 Å². The van der Waals surface area contributed by atoms with Crippen molar-refractivity contribution in [1.82, 2.24) is 5.32 Å². The van der Waals surface area contributed by atoms with Gasteiger partial charge in [0.1, 0.15) is 0 Å². The molecule has 1 unspecified atom stereocenters. The van der Waals surface area contributed by atoms with Crippen molar-refractivity contribution < 1.29 is 4.21 Å². The summed E-state index contributed by atoms with van der Waals surface area (Å²) in [4.78, 5) is 7.79. The molecule has 0 aromatic heterocycles. The molecule has 0 spiro atoms. The van der Waals surface area contributed by atoms with Crippen molar-refractivity contribution in [3.8, 4) is 0 Å². The molecular weight excluding hydrogens is 318 g/mol. The summed E-state index contributed by atoms with van der Waals surface area (Å²) in [6, 6.07) is 18.0. The van der Waals surface area contributed by atoms with Crippen molar-refractivity contribution >= 4 is 22.4 Å². The molecule has 0 bridgehead atoms. The second-order valence-electron chi connectivity index (χ2n) is 5.63. The van der Waals surface area contributed by atoms with Crippen LogP contribution in [0.2, 0.25) is 0 Å². The van der Waals surface area contributed by atoms with Gasteiger partial charge in [-0.25, -0.2) is 0 Å². The zero-order chi connectivity index (χ0) is 16.8. The van der Waals surface area contributed by atoms with Gasteiger partial charge in [-0.15, -0.1) is 0 Å². The van der Waals surface area contributed by atoms with Crippen LogP contribution in [0.25, 0.3) is 0 Å². The summed E-state index contributed by atoms with van der Waals surface area (Å²) in [6.45, 7) is 4.37. The molecule has 24 heavy (non-hydrogen) atoms. The Labute approximate surface area is 146 Å². The minimum atomic E-state index is -1.00. The summed E-state index contributed by atoms with van der Waals surface area (Å²) >= 11 is 0. The van der Waals surface area contributed by atoms with Crippen LogP contribution in [0, 0.1) is 0 Å². The molecule has 1 aliphatic heterocycles. The molecule has 1 atom stereocenters. The maximum absolute atomic E-state index is 12.3. The monoisotopic (exact) mass is 341 g/mol. The van der Waals surface area contributed by atoms with E-state index in [4.69, 9.17) is 4.99 Å². The van der Waals surface area contributed by atoms with Crippen LogP contribution in [0.5, 0.6) is 0 Å². The highest BCUT2D eigenvalue weighted by Gasteiger charge is 2.22. The predicted molar refractivity (Wildman–Crippen MR) is 101 cm³/mol. The zero-order valence-corrected chi connectivity index (χ0v) is 14.8. The highest BCUT2D eigenvalue weighted by molar-refractivity contribution is 7.85. The Hall–Kier alpha value is -2.14. The van der Waals surface area contributed by atoms with Gasteiger partial charge in [-0.1, -0.05) is 36.4 Å².